The molecule has 1 heterocycles. The van der Waals surface area contributed by atoms with Gasteiger partial charge in [0.1, 0.15) is 6.04 Å². The molecule has 1 unspecified atom stereocenters. The Balaban J connectivity index is 2.03. The Bertz CT molecular complexity index is 408. The highest BCUT2D eigenvalue weighted by Gasteiger charge is 2.28. The van der Waals surface area contributed by atoms with Gasteiger partial charge >= 0.3 is 5.97 Å². The number of ether oxygens (including phenoxy) is 1. The maximum absolute atomic E-state index is 11.8. The van der Waals surface area contributed by atoms with Crippen LogP contribution in [-0.2, 0) is 16.1 Å². The quantitative estimate of drug-likeness (QED) is 0.770. The van der Waals surface area contributed by atoms with Crippen molar-refractivity contribution in [3.63, 3.8) is 0 Å². The van der Waals surface area contributed by atoms with Gasteiger partial charge in [0.2, 0.25) is 0 Å². The van der Waals surface area contributed by atoms with Crippen LogP contribution in [0.5, 0.6) is 0 Å². The Morgan fingerprint density at radius 3 is 2.74 bits per heavy atom. The van der Waals surface area contributed by atoms with Gasteiger partial charge in [-0.25, -0.2) is 0 Å². The first-order valence-corrected chi connectivity index (χ1v) is 6.75. The molecule has 0 radical (unpaired) electrons. The fourth-order valence-electron chi connectivity index (χ4n) is 2.55. The molecule has 4 heteroatoms. The van der Waals surface area contributed by atoms with Gasteiger partial charge in [0, 0.05) is 13.1 Å². The van der Waals surface area contributed by atoms with Crippen molar-refractivity contribution in [3.8, 4) is 0 Å². The third kappa shape index (κ3) is 3.78. The summed E-state index contributed by atoms with van der Waals surface area (Å²) in [5.41, 5.74) is 1.29. The van der Waals surface area contributed by atoms with Gasteiger partial charge in [-0.3, -0.25) is 14.6 Å². The van der Waals surface area contributed by atoms with Crippen LogP contribution in [0.15, 0.2) is 30.3 Å². The summed E-state index contributed by atoms with van der Waals surface area (Å²) in [6.07, 6.45) is 1.08. The van der Waals surface area contributed by atoms with Crippen molar-refractivity contribution in [2.45, 2.75) is 19.0 Å². The van der Waals surface area contributed by atoms with Gasteiger partial charge in [0.15, 0.2) is 0 Å². The Morgan fingerprint density at radius 1 is 1.32 bits per heavy atom. The topological polar surface area (TPSA) is 32.8 Å². The zero-order valence-corrected chi connectivity index (χ0v) is 11.7. The van der Waals surface area contributed by atoms with E-state index in [9.17, 15) is 4.79 Å². The Morgan fingerprint density at radius 2 is 2.05 bits per heavy atom. The average Bonchev–Trinajstić information content (AvgIpc) is 2.61. The van der Waals surface area contributed by atoms with Crippen LogP contribution >= 0.6 is 0 Å². The molecule has 1 saturated heterocycles. The van der Waals surface area contributed by atoms with Gasteiger partial charge in [-0.15, -0.1) is 0 Å². The lowest BCUT2D eigenvalue weighted by Crippen LogP contribution is -2.44. The minimum absolute atomic E-state index is 0.137. The number of carbonyl (C=O) groups excluding carboxylic acids is 1. The monoisotopic (exact) mass is 262 g/mol. The number of benzene rings is 1. The number of hydrogen-bond donors (Lipinski definition) is 0. The number of carbonyl (C=O) groups is 1. The molecule has 1 aromatic rings. The number of methoxy groups -OCH3 is 1. The van der Waals surface area contributed by atoms with E-state index in [4.69, 9.17) is 4.74 Å². The molecule has 4 nitrogen and oxygen atoms in total. The molecule has 1 aliphatic heterocycles. The minimum Gasteiger partial charge on any atom is -0.468 e. The van der Waals surface area contributed by atoms with Gasteiger partial charge in [-0.2, -0.15) is 0 Å². The highest BCUT2D eigenvalue weighted by atomic mass is 16.5. The first-order chi connectivity index (χ1) is 9.20. The van der Waals surface area contributed by atoms with Gasteiger partial charge in [-0.05, 0) is 32.1 Å². The van der Waals surface area contributed by atoms with E-state index in [1.807, 2.05) is 13.1 Å². The fraction of sp³-hybridized carbons (Fsp3) is 0.533. The predicted octanol–water partition coefficient (Wildman–Crippen LogP) is 1.37. The summed E-state index contributed by atoms with van der Waals surface area (Å²) in [5, 5.41) is 0. The standard InChI is InChI=1S/C15H22N2O2/c1-16-9-6-10-17(12-14(16)15(18)19-2)11-13-7-4-3-5-8-13/h3-5,7-8,14H,6,9-12H2,1-2H3. The molecule has 0 spiro atoms. The van der Waals surface area contributed by atoms with Gasteiger partial charge in [0.05, 0.1) is 7.11 Å². The van der Waals surface area contributed by atoms with Crippen molar-refractivity contribution in [1.82, 2.24) is 9.80 Å². The summed E-state index contributed by atoms with van der Waals surface area (Å²) in [5.74, 6) is -0.137. The molecule has 1 aromatic carbocycles. The summed E-state index contributed by atoms with van der Waals surface area (Å²) in [6, 6.07) is 10.2. The van der Waals surface area contributed by atoms with Crippen LogP contribution in [0.3, 0.4) is 0 Å². The van der Waals surface area contributed by atoms with E-state index >= 15 is 0 Å². The Kier molecular flexibility index (Phi) is 4.93. The van der Waals surface area contributed by atoms with Crippen molar-refractivity contribution in [2.75, 3.05) is 33.8 Å². The maximum Gasteiger partial charge on any atom is 0.324 e. The number of nitrogens with zero attached hydrogens (tertiary/aromatic N) is 2. The summed E-state index contributed by atoms with van der Waals surface area (Å²) < 4.78 is 4.91. The smallest absolute Gasteiger partial charge is 0.324 e. The molecule has 0 amide bonds. The fourth-order valence-corrected chi connectivity index (χ4v) is 2.55. The third-order valence-corrected chi connectivity index (χ3v) is 3.67. The molecule has 0 N–H and O–H groups in total. The van der Waals surface area contributed by atoms with Crippen LogP contribution in [0, 0.1) is 0 Å². The maximum atomic E-state index is 11.8. The summed E-state index contributed by atoms with van der Waals surface area (Å²) in [7, 11) is 3.45. The number of rotatable bonds is 3. The van der Waals surface area contributed by atoms with Crippen molar-refractivity contribution < 1.29 is 9.53 Å². The summed E-state index contributed by atoms with van der Waals surface area (Å²) in [4.78, 5) is 16.3. The van der Waals surface area contributed by atoms with Gasteiger partial charge in [0.25, 0.3) is 0 Å². The lowest BCUT2D eigenvalue weighted by molar-refractivity contribution is -0.146. The summed E-state index contributed by atoms with van der Waals surface area (Å²) in [6.45, 7) is 3.58. The van der Waals surface area contributed by atoms with Crippen molar-refractivity contribution in [2.24, 2.45) is 0 Å². The van der Waals surface area contributed by atoms with E-state index in [0.29, 0.717) is 0 Å². The van der Waals surface area contributed by atoms with E-state index in [0.717, 1.165) is 32.6 Å². The first-order valence-electron chi connectivity index (χ1n) is 6.75. The lowest BCUT2D eigenvalue weighted by atomic mass is 10.2. The SMILES string of the molecule is COC(=O)C1CN(Cc2ccccc2)CCCN1C. The van der Waals surface area contributed by atoms with Crippen molar-refractivity contribution in [1.29, 1.82) is 0 Å². The van der Waals surface area contributed by atoms with Crippen LogP contribution in [0.1, 0.15) is 12.0 Å². The molecule has 2 rings (SSSR count). The zero-order valence-electron chi connectivity index (χ0n) is 11.7. The number of likely N-dealkylation sites (N-methyl/N-ethyl adjacent to an activating group) is 1. The normalized spacial score (nSPS) is 21.9. The molecule has 1 aliphatic rings. The molecular formula is C15H22N2O2. The van der Waals surface area contributed by atoms with E-state index in [2.05, 4.69) is 34.1 Å². The van der Waals surface area contributed by atoms with Crippen LogP contribution in [0.2, 0.25) is 0 Å². The second kappa shape index (κ2) is 6.68. The van der Waals surface area contributed by atoms with Crippen LogP contribution in [0.25, 0.3) is 0 Å². The van der Waals surface area contributed by atoms with Crippen LogP contribution in [-0.4, -0.2) is 55.6 Å². The van der Waals surface area contributed by atoms with Crippen molar-refractivity contribution in [3.05, 3.63) is 35.9 Å². The van der Waals surface area contributed by atoms with Crippen LogP contribution < -0.4 is 0 Å². The molecule has 0 bridgehead atoms. The molecule has 0 saturated carbocycles. The first kappa shape index (κ1) is 14.0. The van der Waals surface area contributed by atoms with Gasteiger partial charge in [-0.1, -0.05) is 30.3 Å². The average molecular weight is 262 g/mol. The van der Waals surface area contributed by atoms with E-state index < -0.39 is 0 Å². The molecule has 0 aliphatic carbocycles. The largest absolute Gasteiger partial charge is 0.468 e. The summed E-state index contributed by atoms with van der Waals surface area (Å²) >= 11 is 0. The molecule has 19 heavy (non-hydrogen) atoms. The molecular weight excluding hydrogens is 240 g/mol. The number of esters is 1. The van der Waals surface area contributed by atoms with E-state index in [1.54, 1.807) is 0 Å². The number of hydrogen-bond acceptors (Lipinski definition) is 4. The van der Waals surface area contributed by atoms with Gasteiger partial charge < -0.3 is 4.74 Å². The van der Waals surface area contributed by atoms with Crippen LogP contribution in [0.4, 0.5) is 0 Å². The lowest BCUT2D eigenvalue weighted by Gasteiger charge is -2.26. The Labute approximate surface area is 115 Å². The highest BCUT2D eigenvalue weighted by molar-refractivity contribution is 5.76. The molecule has 1 fully saturated rings. The molecule has 0 aromatic heterocycles. The van der Waals surface area contributed by atoms with E-state index in [-0.39, 0.29) is 12.0 Å². The molecule has 104 valence electrons. The zero-order chi connectivity index (χ0) is 13.7. The third-order valence-electron chi connectivity index (χ3n) is 3.67. The minimum atomic E-state index is -0.156. The Hall–Kier alpha value is -1.39. The van der Waals surface area contributed by atoms with E-state index in [1.165, 1.54) is 12.7 Å². The predicted molar refractivity (Wildman–Crippen MR) is 74.8 cm³/mol. The van der Waals surface area contributed by atoms with Crippen molar-refractivity contribution >= 4 is 5.97 Å². The second-order valence-corrected chi connectivity index (χ2v) is 5.09. The highest BCUT2D eigenvalue weighted by Crippen LogP contribution is 2.13. The second-order valence-electron chi connectivity index (χ2n) is 5.09. The molecule has 1 atom stereocenters.